The van der Waals surface area contributed by atoms with Gasteiger partial charge in [-0.1, -0.05) is 42.5 Å². The molecule has 1 amide bonds. The van der Waals surface area contributed by atoms with E-state index in [0.717, 1.165) is 5.56 Å². The number of halogens is 2. The highest BCUT2D eigenvalue weighted by molar-refractivity contribution is 9.12. The van der Waals surface area contributed by atoms with E-state index in [4.69, 9.17) is 0 Å². The Morgan fingerprint density at radius 1 is 1.10 bits per heavy atom. The van der Waals surface area contributed by atoms with E-state index in [9.17, 15) is 9.18 Å². The van der Waals surface area contributed by atoms with Crippen molar-refractivity contribution in [3.05, 3.63) is 76.0 Å². The zero-order valence-electron chi connectivity index (χ0n) is 11.0. The third kappa shape index (κ3) is 4.65. The summed E-state index contributed by atoms with van der Waals surface area (Å²) in [4.78, 5) is 11.7. The van der Waals surface area contributed by atoms with E-state index < -0.39 is 11.7 Å². The van der Waals surface area contributed by atoms with Crippen LogP contribution >= 0.6 is 15.9 Å². The van der Waals surface area contributed by atoms with Gasteiger partial charge in [0.25, 0.3) is 5.91 Å². The van der Waals surface area contributed by atoms with Crippen molar-refractivity contribution in [3.63, 3.8) is 0 Å². The van der Waals surface area contributed by atoms with Crippen LogP contribution in [-0.2, 0) is 0 Å². The predicted molar refractivity (Wildman–Crippen MR) is 85.7 cm³/mol. The molecule has 0 bridgehead atoms. The number of carbonyl (C=O) groups is 1. The second kappa shape index (κ2) is 7.50. The van der Waals surface area contributed by atoms with Crippen molar-refractivity contribution in [3.8, 4) is 0 Å². The molecule has 2 aromatic rings. The fourth-order valence-corrected chi connectivity index (χ4v) is 1.97. The molecule has 0 saturated carbocycles. The maximum Gasteiger partial charge on any atom is 0.274 e. The Morgan fingerprint density at radius 3 is 2.48 bits per heavy atom. The average Bonchev–Trinajstić information content (AvgIpc) is 2.48. The van der Waals surface area contributed by atoms with Crippen LogP contribution in [0, 0.1) is 5.82 Å². The number of hydrogen-bond acceptors (Lipinski definition) is 2. The van der Waals surface area contributed by atoms with Gasteiger partial charge in [0, 0.05) is 4.48 Å². The van der Waals surface area contributed by atoms with Gasteiger partial charge >= 0.3 is 0 Å². The largest absolute Gasteiger partial charge is 0.274 e. The smallest absolute Gasteiger partial charge is 0.267 e. The first-order chi connectivity index (χ1) is 10.2. The van der Waals surface area contributed by atoms with Crippen molar-refractivity contribution in [1.82, 2.24) is 5.43 Å². The molecule has 0 radical (unpaired) electrons. The van der Waals surface area contributed by atoms with E-state index in [-0.39, 0.29) is 5.56 Å². The molecule has 2 aromatic carbocycles. The second-order valence-corrected chi connectivity index (χ2v) is 5.03. The van der Waals surface area contributed by atoms with Gasteiger partial charge in [-0.05, 0) is 39.7 Å². The third-order valence-electron chi connectivity index (χ3n) is 2.58. The molecule has 106 valence electrons. The van der Waals surface area contributed by atoms with Crippen LogP contribution in [0.5, 0.6) is 0 Å². The Bertz CT molecular complexity index is 684. The molecule has 0 heterocycles. The average molecular weight is 347 g/mol. The molecule has 0 unspecified atom stereocenters. The van der Waals surface area contributed by atoms with Gasteiger partial charge in [0.1, 0.15) is 5.82 Å². The summed E-state index contributed by atoms with van der Waals surface area (Å²) < 4.78 is 14.1. The van der Waals surface area contributed by atoms with Gasteiger partial charge in [-0.2, -0.15) is 5.10 Å². The minimum Gasteiger partial charge on any atom is -0.267 e. The standard InChI is InChI=1S/C16H12BrFN2O/c17-13(10-12-6-2-1-3-7-12)11-19-20-16(21)14-8-4-5-9-15(14)18/h1-11H,(H,20,21)/b13-10-,19-11+. The van der Waals surface area contributed by atoms with Crippen molar-refractivity contribution in [2.45, 2.75) is 0 Å². The fraction of sp³-hybridized carbons (Fsp3) is 0. The number of benzene rings is 2. The molecule has 0 saturated heterocycles. The molecule has 0 aromatic heterocycles. The monoisotopic (exact) mass is 346 g/mol. The van der Waals surface area contributed by atoms with E-state index >= 15 is 0 Å². The minimum atomic E-state index is -0.593. The predicted octanol–water partition coefficient (Wildman–Crippen LogP) is 3.98. The first-order valence-corrected chi connectivity index (χ1v) is 6.96. The SMILES string of the molecule is O=C(N/N=C/C(Br)=C/c1ccccc1)c1ccccc1F. The van der Waals surface area contributed by atoms with Gasteiger partial charge in [0.2, 0.25) is 0 Å². The highest BCUT2D eigenvalue weighted by atomic mass is 79.9. The summed E-state index contributed by atoms with van der Waals surface area (Å²) in [6, 6.07) is 15.4. The summed E-state index contributed by atoms with van der Waals surface area (Å²) in [5, 5.41) is 3.78. The van der Waals surface area contributed by atoms with E-state index in [1.807, 2.05) is 36.4 Å². The zero-order valence-corrected chi connectivity index (χ0v) is 12.5. The van der Waals surface area contributed by atoms with Crippen LogP contribution in [0.15, 0.2) is 64.2 Å². The maximum atomic E-state index is 13.4. The number of carbonyl (C=O) groups excluding carboxylic acids is 1. The lowest BCUT2D eigenvalue weighted by atomic mass is 10.2. The quantitative estimate of drug-likeness (QED) is 0.660. The van der Waals surface area contributed by atoms with Crippen LogP contribution in [0.1, 0.15) is 15.9 Å². The molecule has 0 spiro atoms. The molecular weight excluding hydrogens is 335 g/mol. The normalized spacial score (nSPS) is 11.6. The van der Waals surface area contributed by atoms with E-state index in [0.29, 0.717) is 4.48 Å². The van der Waals surface area contributed by atoms with Crippen LogP contribution in [0.25, 0.3) is 6.08 Å². The van der Waals surface area contributed by atoms with E-state index in [2.05, 4.69) is 26.5 Å². The highest BCUT2D eigenvalue weighted by Crippen LogP contribution is 2.10. The fourth-order valence-electron chi connectivity index (χ4n) is 1.60. The Labute approximate surface area is 130 Å². The number of allylic oxidation sites excluding steroid dienone is 1. The molecule has 5 heteroatoms. The van der Waals surface area contributed by atoms with Crippen molar-refractivity contribution < 1.29 is 9.18 Å². The Kier molecular flexibility index (Phi) is 5.40. The molecule has 21 heavy (non-hydrogen) atoms. The first-order valence-electron chi connectivity index (χ1n) is 6.17. The molecule has 2 rings (SSSR count). The lowest BCUT2D eigenvalue weighted by Gasteiger charge is -2.00. The van der Waals surface area contributed by atoms with Crippen LogP contribution in [0.2, 0.25) is 0 Å². The van der Waals surface area contributed by atoms with Crippen LogP contribution in [-0.4, -0.2) is 12.1 Å². The second-order valence-electron chi connectivity index (χ2n) is 4.12. The van der Waals surface area contributed by atoms with Crippen molar-refractivity contribution in [2.75, 3.05) is 0 Å². The highest BCUT2D eigenvalue weighted by Gasteiger charge is 2.08. The summed E-state index contributed by atoms with van der Waals surface area (Å²) in [7, 11) is 0. The van der Waals surface area contributed by atoms with Crippen molar-refractivity contribution in [2.24, 2.45) is 5.10 Å². The van der Waals surface area contributed by atoms with Crippen molar-refractivity contribution in [1.29, 1.82) is 0 Å². The number of amides is 1. The zero-order chi connectivity index (χ0) is 15.1. The molecule has 0 fully saturated rings. The molecular formula is C16H12BrFN2O. The Hall–Kier alpha value is -2.27. The van der Waals surface area contributed by atoms with Gasteiger partial charge < -0.3 is 0 Å². The lowest BCUT2D eigenvalue weighted by molar-refractivity contribution is 0.0951. The Balaban J connectivity index is 1.98. The molecule has 0 aliphatic heterocycles. The number of hydrazone groups is 1. The van der Waals surface area contributed by atoms with Gasteiger partial charge in [-0.25, -0.2) is 9.82 Å². The number of nitrogens with zero attached hydrogens (tertiary/aromatic N) is 1. The van der Waals surface area contributed by atoms with Gasteiger partial charge in [0.05, 0.1) is 11.8 Å². The number of nitrogens with one attached hydrogen (secondary N) is 1. The van der Waals surface area contributed by atoms with E-state index in [1.165, 1.54) is 24.4 Å². The summed E-state index contributed by atoms with van der Waals surface area (Å²) in [6.45, 7) is 0. The lowest BCUT2D eigenvalue weighted by Crippen LogP contribution is -2.18. The van der Waals surface area contributed by atoms with Crippen LogP contribution < -0.4 is 5.43 Å². The molecule has 0 aliphatic carbocycles. The molecule has 0 aliphatic rings. The minimum absolute atomic E-state index is 0.0437. The van der Waals surface area contributed by atoms with Crippen LogP contribution in [0.3, 0.4) is 0 Å². The maximum absolute atomic E-state index is 13.4. The van der Waals surface area contributed by atoms with Crippen LogP contribution in [0.4, 0.5) is 4.39 Å². The molecule has 3 nitrogen and oxygen atoms in total. The topological polar surface area (TPSA) is 41.5 Å². The molecule has 0 atom stereocenters. The Morgan fingerprint density at radius 2 is 1.76 bits per heavy atom. The number of hydrogen-bond donors (Lipinski definition) is 1. The first kappa shape index (κ1) is 15.1. The summed E-state index contributed by atoms with van der Waals surface area (Å²) >= 11 is 3.32. The van der Waals surface area contributed by atoms with Gasteiger partial charge in [-0.3, -0.25) is 4.79 Å². The van der Waals surface area contributed by atoms with Gasteiger partial charge in [-0.15, -0.1) is 0 Å². The molecule has 1 N–H and O–H groups in total. The van der Waals surface area contributed by atoms with Crippen molar-refractivity contribution >= 4 is 34.1 Å². The van der Waals surface area contributed by atoms with Gasteiger partial charge in [0.15, 0.2) is 0 Å². The third-order valence-corrected chi connectivity index (χ3v) is 3.01. The summed E-state index contributed by atoms with van der Waals surface area (Å²) in [6.07, 6.45) is 3.28. The number of rotatable bonds is 4. The van der Waals surface area contributed by atoms with E-state index in [1.54, 1.807) is 6.07 Å². The summed E-state index contributed by atoms with van der Waals surface area (Å²) in [5.74, 6) is -1.17. The summed E-state index contributed by atoms with van der Waals surface area (Å²) in [5.41, 5.74) is 3.23.